The zero-order valence-corrected chi connectivity index (χ0v) is 20.1. The largest absolute Gasteiger partial charge is 0.291 e. The second-order valence-corrected chi connectivity index (χ2v) is 10.9. The third-order valence-corrected chi connectivity index (χ3v) is 8.44. The standard InChI is InChI=1S/C28H30N2O2S/c1-21-10-14-23(15-11-21)28(29-18-6-3-7-19-29)27-20-24-8-4-5-9-26(24)30(27)33(31,32)25-16-12-22(2)13-17-25/h4-5,8-17,20,28H,3,6-7,18-19H2,1-2H3. The summed E-state index contributed by atoms with van der Waals surface area (Å²) < 4.78 is 29.7. The van der Waals surface area contributed by atoms with E-state index >= 15 is 0 Å². The van der Waals surface area contributed by atoms with Crippen LogP contribution in [0.3, 0.4) is 0 Å². The van der Waals surface area contributed by atoms with Crippen molar-refractivity contribution in [3.63, 3.8) is 0 Å². The highest BCUT2D eigenvalue weighted by molar-refractivity contribution is 7.90. The van der Waals surface area contributed by atoms with Gasteiger partial charge in [-0.25, -0.2) is 12.4 Å². The molecule has 0 radical (unpaired) electrons. The smallest absolute Gasteiger partial charge is 0.268 e. The molecular weight excluding hydrogens is 428 g/mol. The average Bonchev–Trinajstić information content (AvgIpc) is 3.21. The van der Waals surface area contributed by atoms with E-state index in [-0.39, 0.29) is 6.04 Å². The summed E-state index contributed by atoms with van der Waals surface area (Å²) in [5.41, 5.74) is 4.90. The monoisotopic (exact) mass is 458 g/mol. The van der Waals surface area contributed by atoms with Gasteiger partial charge in [-0.2, -0.15) is 0 Å². The van der Waals surface area contributed by atoms with Crippen LogP contribution in [-0.2, 0) is 10.0 Å². The van der Waals surface area contributed by atoms with Crippen molar-refractivity contribution in [2.24, 2.45) is 0 Å². The number of fused-ring (bicyclic) bond motifs is 1. The molecule has 5 heteroatoms. The molecule has 4 nitrogen and oxygen atoms in total. The normalized spacial score (nSPS) is 16.2. The third kappa shape index (κ3) is 4.11. The topological polar surface area (TPSA) is 42.3 Å². The highest BCUT2D eigenvalue weighted by Gasteiger charge is 2.32. The zero-order valence-electron chi connectivity index (χ0n) is 19.2. The summed E-state index contributed by atoms with van der Waals surface area (Å²) in [6, 6.07) is 25.4. The number of para-hydroxylation sites is 1. The fourth-order valence-corrected chi connectivity index (χ4v) is 6.47. The quantitative estimate of drug-likeness (QED) is 0.364. The number of nitrogens with zero attached hydrogens (tertiary/aromatic N) is 2. The van der Waals surface area contributed by atoms with Gasteiger partial charge < -0.3 is 0 Å². The van der Waals surface area contributed by atoms with E-state index in [1.807, 2.05) is 43.3 Å². The molecule has 1 aliphatic rings. The average molecular weight is 459 g/mol. The van der Waals surface area contributed by atoms with Gasteiger partial charge in [-0.05, 0) is 69.6 Å². The Bertz CT molecular complexity index is 1360. The van der Waals surface area contributed by atoms with E-state index < -0.39 is 10.0 Å². The maximum absolute atomic E-state index is 14.1. The Morgan fingerprint density at radius 3 is 2.03 bits per heavy atom. The predicted molar refractivity (Wildman–Crippen MR) is 134 cm³/mol. The van der Waals surface area contributed by atoms with Gasteiger partial charge in [0.2, 0.25) is 0 Å². The summed E-state index contributed by atoms with van der Waals surface area (Å²) in [5, 5.41) is 0.942. The van der Waals surface area contributed by atoms with Crippen molar-refractivity contribution in [3.05, 3.63) is 101 Å². The zero-order chi connectivity index (χ0) is 23.0. The molecule has 0 spiro atoms. The lowest BCUT2D eigenvalue weighted by atomic mass is 9.98. The minimum absolute atomic E-state index is 0.126. The summed E-state index contributed by atoms with van der Waals surface area (Å²) in [6.07, 6.45) is 3.49. The van der Waals surface area contributed by atoms with Crippen LogP contribution in [0.1, 0.15) is 47.7 Å². The number of hydrogen-bond acceptors (Lipinski definition) is 3. The summed E-state index contributed by atoms with van der Waals surface area (Å²) in [6.45, 7) is 5.98. The number of piperidine rings is 1. The van der Waals surface area contributed by atoms with Gasteiger partial charge >= 0.3 is 0 Å². The molecule has 1 atom stereocenters. The van der Waals surface area contributed by atoms with Crippen molar-refractivity contribution < 1.29 is 8.42 Å². The Morgan fingerprint density at radius 1 is 0.758 bits per heavy atom. The number of hydrogen-bond donors (Lipinski definition) is 0. The molecule has 0 bridgehead atoms. The number of likely N-dealkylation sites (tertiary alicyclic amines) is 1. The molecule has 3 aromatic carbocycles. The molecule has 1 aromatic heterocycles. The van der Waals surface area contributed by atoms with E-state index in [9.17, 15) is 8.42 Å². The number of aromatic nitrogens is 1. The SMILES string of the molecule is Cc1ccc(C(c2cc3ccccc3n2S(=O)(=O)c2ccc(C)cc2)N2CCCCC2)cc1. The van der Waals surface area contributed by atoms with Crippen LogP contribution in [0, 0.1) is 13.8 Å². The summed E-state index contributed by atoms with van der Waals surface area (Å²) in [7, 11) is -3.78. The summed E-state index contributed by atoms with van der Waals surface area (Å²) in [5.74, 6) is 0. The second-order valence-electron chi connectivity index (χ2n) is 9.12. The van der Waals surface area contributed by atoms with E-state index in [4.69, 9.17) is 0 Å². The lowest BCUT2D eigenvalue weighted by molar-refractivity contribution is 0.184. The summed E-state index contributed by atoms with van der Waals surface area (Å²) in [4.78, 5) is 2.76. The molecule has 1 fully saturated rings. The predicted octanol–water partition coefficient (Wildman–Crippen LogP) is 6.07. The van der Waals surface area contributed by atoms with Crippen LogP contribution >= 0.6 is 0 Å². The Balaban J connectivity index is 1.76. The molecule has 0 amide bonds. The summed E-state index contributed by atoms with van der Waals surface area (Å²) >= 11 is 0. The van der Waals surface area contributed by atoms with E-state index in [1.54, 1.807) is 16.1 Å². The Morgan fingerprint density at radius 2 is 1.36 bits per heavy atom. The van der Waals surface area contributed by atoms with Crippen LogP contribution in [0.15, 0.2) is 83.8 Å². The molecule has 0 aliphatic carbocycles. The van der Waals surface area contributed by atoms with Crippen LogP contribution in [0.4, 0.5) is 0 Å². The first-order valence-electron chi connectivity index (χ1n) is 11.7. The van der Waals surface area contributed by atoms with Crippen LogP contribution in [0.5, 0.6) is 0 Å². The van der Waals surface area contributed by atoms with Crippen molar-refractivity contribution in [1.29, 1.82) is 0 Å². The molecule has 0 saturated carbocycles. The lowest BCUT2D eigenvalue weighted by Gasteiger charge is -2.35. The molecule has 4 aromatic rings. The van der Waals surface area contributed by atoms with Gasteiger partial charge in [0, 0.05) is 5.39 Å². The van der Waals surface area contributed by atoms with Gasteiger partial charge in [0.15, 0.2) is 0 Å². The first kappa shape index (κ1) is 21.9. The van der Waals surface area contributed by atoms with Crippen molar-refractivity contribution >= 4 is 20.9 Å². The first-order valence-corrected chi connectivity index (χ1v) is 13.1. The van der Waals surface area contributed by atoms with Crippen molar-refractivity contribution in [1.82, 2.24) is 8.87 Å². The Labute approximate surface area is 196 Å². The number of aryl methyl sites for hydroxylation is 2. The van der Waals surface area contributed by atoms with E-state index in [1.165, 1.54) is 12.0 Å². The molecule has 170 valence electrons. The molecule has 33 heavy (non-hydrogen) atoms. The van der Waals surface area contributed by atoms with Gasteiger partial charge in [-0.1, -0.05) is 72.1 Å². The molecule has 1 unspecified atom stereocenters. The first-order chi connectivity index (χ1) is 15.9. The molecule has 0 N–H and O–H groups in total. The molecular formula is C28H30N2O2S. The number of rotatable bonds is 5. The fraction of sp³-hybridized carbons (Fsp3) is 0.286. The van der Waals surface area contributed by atoms with Gasteiger partial charge in [-0.15, -0.1) is 0 Å². The highest BCUT2D eigenvalue weighted by Crippen LogP contribution is 2.37. The van der Waals surface area contributed by atoms with E-state index in [2.05, 4.69) is 42.2 Å². The molecule has 5 rings (SSSR count). The van der Waals surface area contributed by atoms with Crippen LogP contribution < -0.4 is 0 Å². The van der Waals surface area contributed by atoms with Gasteiger partial charge in [0.25, 0.3) is 10.0 Å². The number of benzene rings is 3. The van der Waals surface area contributed by atoms with Crippen LogP contribution in [-0.4, -0.2) is 30.4 Å². The molecule has 1 aliphatic heterocycles. The Kier molecular flexibility index (Phi) is 5.85. The van der Waals surface area contributed by atoms with Crippen LogP contribution in [0.25, 0.3) is 10.9 Å². The van der Waals surface area contributed by atoms with Gasteiger partial charge in [0.05, 0.1) is 22.1 Å². The van der Waals surface area contributed by atoms with Crippen LogP contribution in [0.2, 0.25) is 0 Å². The van der Waals surface area contributed by atoms with Crippen molar-refractivity contribution in [2.75, 3.05) is 13.1 Å². The third-order valence-electron chi connectivity index (χ3n) is 6.68. The minimum Gasteiger partial charge on any atom is -0.291 e. The maximum atomic E-state index is 14.1. The van der Waals surface area contributed by atoms with E-state index in [0.717, 1.165) is 53.7 Å². The van der Waals surface area contributed by atoms with Gasteiger partial charge in [0.1, 0.15) is 0 Å². The van der Waals surface area contributed by atoms with E-state index in [0.29, 0.717) is 4.90 Å². The fourth-order valence-electron chi connectivity index (χ4n) is 4.92. The Hall–Kier alpha value is -2.89. The lowest BCUT2D eigenvalue weighted by Crippen LogP contribution is -2.36. The highest BCUT2D eigenvalue weighted by atomic mass is 32.2. The maximum Gasteiger partial charge on any atom is 0.268 e. The second kappa shape index (κ2) is 8.81. The van der Waals surface area contributed by atoms with Crippen molar-refractivity contribution in [3.8, 4) is 0 Å². The molecule has 2 heterocycles. The molecule has 1 saturated heterocycles. The van der Waals surface area contributed by atoms with Gasteiger partial charge in [-0.3, -0.25) is 4.90 Å². The van der Waals surface area contributed by atoms with Crippen molar-refractivity contribution in [2.45, 2.75) is 44.0 Å². The minimum atomic E-state index is -3.78.